The minimum Gasteiger partial charge on any atom is -0.492 e. The molecule has 0 unspecified atom stereocenters. The third-order valence-corrected chi connectivity index (χ3v) is 2.84. The van der Waals surface area contributed by atoms with Gasteiger partial charge in [0.1, 0.15) is 11.3 Å². The number of esters is 1. The highest BCUT2D eigenvalue weighted by molar-refractivity contribution is 6.31. The van der Waals surface area contributed by atoms with Crippen molar-refractivity contribution in [2.45, 2.75) is 19.3 Å². The first-order chi connectivity index (χ1) is 7.72. The zero-order valence-electron chi connectivity index (χ0n) is 9.09. The molecule has 2 rings (SSSR count). The Morgan fingerprint density at radius 3 is 3.00 bits per heavy atom. The van der Waals surface area contributed by atoms with Crippen molar-refractivity contribution in [3.63, 3.8) is 0 Å². The highest BCUT2D eigenvalue weighted by Gasteiger charge is 2.20. The molecule has 16 heavy (non-hydrogen) atoms. The summed E-state index contributed by atoms with van der Waals surface area (Å²) < 4.78 is 10.3. The van der Waals surface area contributed by atoms with Gasteiger partial charge in [-0.3, -0.25) is 0 Å². The summed E-state index contributed by atoms with van der Waals surface area (Å²) in [7, 11) is 1.35. The molecule has 0 saturated carbocycles. The number of hydrogen-bond donors (Lipinski definition) is 0. The van der Waals surface area contributed by atoms with Gasteiger partial charge in [-0.05, 0) is 37.0 Å². The average Bonchev–Trinajstić information content (AvgIpc) is 2.51. The van der Waals surface area contributed by atoms with Gasteiger partial charge < -0.3 is 9.47 Å². The van der Waals surface area contributed by atoms with Gasteiger partial charge in [-0.25, -0.2) is 4.79 Å². The zero-order valence-corrected chi connectivity index (χ0v) is 9.84. The second-order valence-corrected chi connectivity index (χ2v) is 4.18. The van der Waals surface area contributed by atoms with Crippen molar-refractivity contribution < 1.29 is 14.3 Å². The number of hydrogen-bond acceptors (Lipinski definition) is 3. The van der Waals surface area contributed by atoms with Crippen LogP contribution in [0.4, 0.5) is 0 Å². The number of carbonyl (C=O) groups excluding carboxylic acids is 1. The van der Waals surface area contributed by atoms with E-state index in [0.717, 1.165) is 24.8 Å². The molecule has 0 saturated heterocycles. The highest BCUT2D eigenvalue weighted by Crippen LogP contribution is 2.32. The number of benzene rings is 1. The molecule has 4 heteroatoms. The van der Waals surface area contributed by atoms with Gasteiger partial charge in [0.25, 0.3) is 0 Å². The predicted molar refractivity (Wildman–Crippen MR) is 61.2 cm³/mol. The Morgan fingerprint density at radius 1 is 1.44 bits per heavy atom. The lowest BCUT2D eigenvalue weighted by Crippen LogP contribution is -2.07. The van der Waals surface area contributed by atoms with Crippen LogP contribution in [0.1, 0.15) is 28.8 Å². The van der Waals surface area contributed by atoms with Gasteiger partial charge in [0.2, 0.25) is 0 Å². The van der Waals surface area contributed by atoms with Crippen molar-refractivity contribution in [1.29, 1.82) is 0 Å². The van der Waals surface area contributed by atoms with Gasteiger partial charge >= 0.3 is 5.97 Å². The SMILES string of the molecule is COC(=O)c1cc(Cl)cc2c1OCCCC2. The number of fused-ring (bicyclic) bond motifs is 1. The molecule has 0 radical (unpaired) electrons. The summed E-state index contributed by atoms with van der Waals surface area (Å²) in [4.78, 5) is 11.6. The van der Waals surface area contributed by atoms with E-state index in [1.165, 1.54) is 7.11 Å². The quantitative estimate of drug-likeness (QED) is 0.708. The molecule has 1 aromatic carbocycles. The van der Waals surface area contributed by atoms with Crippen molar-refractivity contribution >= 4 is 17.6 Å². The van der Waals surface area contributed by atoms with Crippen LogP contribution in [0.3, 0.4) is 0 Å². The van der Waals surface area contributed by atoms with Crippen molar-refractivity contribution in [1.82, 2.24) is 0 Å². The molecule has 0 aromatic heterocycles. The van der Waals surface area contributed by atoms with Gasteiger partial charge in [-0.15, -0.1) is 0 Å². The molecule has 0 spiro atoms. The molecule has 1 aliphatic heterocycles. The molecule has 1 heterocycles. The topological polar surface area (TPSA) is 35.5 Å². The maximum atomic E-state index is 11.6. The maximum Gasteiger partial charge on any atom is 0.341 e. The number of halogens is 1. The van der Waals surface area contributed by atoms with E-state index >= 15 is 0 Å². The van der Waals surface area contributed by atoms with Crippen LogP contribution >= 0.6 is 11.6 Å². The molecule has 0 aliphatic carbocycles. The molecule has 0 bridgehead atoms. The third-order valence-electron chi connectivity index (χ3n) is 2.62. The van der Waals surface area contributed by atoms with Gasteiger partial charge in [0.15, 0.2) is 0 Å². The van der Waals surface area contributed by atoms with Crippen LogP contribution in [0, 0.1) is 0 Å². The van der Waals surface area contributed by atoms with Gasteiger partial charge in [-0.2, -0.15) is 0 Å². The number of aryl methyl sites for hydroxylation is 1. The minimum atomic E-state index is -0.402. The van der Waals surface area contributed by atoms with Crippen LogP contribution < -0.4 is 4.74 Å². The predicted octanol–water partition coefficient (Wildman–Crippen LogP) is 2.84. The van der Waals surface area contributed by atoms with Gasteiger partial charge in [0, 0.05) is 5.02 Å². The number of methoxy groups -OCH3 is 1. The molecule has 0 atom stereocenters. The fourth-order valence-corrected chi connectivity index (χ4v) is 2.10. The molecule has 3 nitrogen and oxygen atoms in total. The molecule has 1 aromatic rings. The van der Waals surface area contributed by atoms with E-state index in [2.05, 4.69) is 0 Å². The highest BCUT2D eigenvalue weighted by atomic mass is 35.5. The first-order valence-corrected chi connectivity index (χ1v) is 5.63. The Hall–Kier alpha value is -1.22. The van der Waals surface area contributed by atoms with E-state index in [9.17, 15) is 4.79 Å². The van der Waals surface area contributed by atoms with Crippen molar-refractivity contribution in [3.8, 4) is 5.75 Å². The summed E-state index contributed by atoms with van der Waals surface area (Å²) in [5, 5.41) is 0.546. The summed E-state index contributed by atoms with van der Waals surface area (Å²) in [5.74, 6) is 0.231. The van der Waals surface area contributed by atoms with E-state index in [-0.39, 0.29) is 0 Å². The average molecular weight is 241 g/mol. The summed E-state index contributed by atoms with van der Waals surface area (Å²) in [6, 6.07) is 3.45. The number of rotatable bonds is 1. The summed E-state index contributed by atoms with van der Waals surface area (Å²) in [5.41, 5.74) is 1.41. The van der Waals surface area contributed by atoms with Crippen molar-refractivity contribution in [2.24, 2.45) is 0 Å². The Morgan fingerprint density at radius 2 is 2.25 bits per heavy atom. The lowest BCUT2D eigenvalue weighted by molar-refractivity contribution is 0.0596. The van der Waals surface area contributed by atoms with Crippen molar-refractivity contribution in [2.75, 3.05) is 13.7 Å². The number of ether oxygens (including phenoxy) is 2. The maximum absolute atomic E-state index is 11.6. The Bertz CT molecular complexity index is 415. The lowest BCUT2D eigenvalue weighted by atomic mass is 10.0. The summed E-state index contributed by atoms with van der Waals surface area (Å²) >= 11 is 5.97. The smallest absolute Gasteiger partial charge is 0.341 e. The molecule has 0 amide bonds. The molecule has 0 fully saturated rings. The fourth-order valence-electron chi connectivity index (χ4n) is 1.86. The Labute approximate surface area is 99.3 Å². The largest absolute Gasteiger partial charge is 0.492 e. The Balaban J connectivity index is 2.50. The summed E-state index contributed by atoms with van der Waals surface area (Å²) in [6.07, 6.45) is 2.93. The van der Waals surface area contributed by atoms with Crippen LogP contribution in [0.15, 0.2) is 12.1 Å². The van der Waals surface area contributed by atoms with Crippen molar-refractivity contribution in [3.05, 3.63) is 28.3 Å². The fraction of sp³-hybridized carbons (Fsp3) is 0.417. The monoisotopic (exact) mass is 240 g/mol. The van der Waals surface area contributed by atoms with Crippen LogP contribution in [0.25, 0.3) is 0 Å². The molecular weight excluding hydrogens is 228 g/mol. The van der Waals surface area contributed by atoms with Crippen LogP contribution in [0.2, 0.25) is 5.02 Å². The normalized spacial score (nSPS) is 14.6. The second kappa shape index (κ2) is 4.74. The summed E-state index contributed by atoms with van der Waals surface area (Å²) in [6.45, 7) is 0.638. The lowest BCUT2D eigenvalue weighted by Gasteiger charge is -2.12. The Kier molecular flexibility index (Phi) is 3.34. The molecule has 86 valence electrons. The van der Waals surface area contributed by atoms with Crippen LogP contribution in [-0.4, -0.2) is 19.7 Å². The first-order valence-electron chi connectivity index (χ1n) is 5.26. The van der Waals surface area contributed by atoms with Crippen LogP contribution in [-0.2, 0) is 11.2 Å². The van der Waals surface area contributed by atoms with E-state index in [0.29, 0.717) is 22.9 Å². The molecule has 0 N–H and O–H groups in total. The van der Waals surface area contributed by atoms with Crippen LogP contribution in [0.5, 0.6) is 5.75 Å². The first kappa shape index (κ1) is 11.3. The second-order valence-electron chi connectivity index (χ2n) is 3.74. The number of carbonyl (C=O) groups is 1. The van der Waals surface area contributed by atoms with Gasteiger partial charge in [-0.1, -0.05) is 11.6 Å². The minimum absolute atomic E-state index is 0.402. The molecular formula is C12H13ClO3. The van der Waals surface area contributed by atoms with E-state index < -0.39 is 5.97 Å². The van der Waals surface area contributed by atoms with E-state index in [1.54, 1.807) is 6.07 Å². The third kappa shape index (κ3) is 2.14. The zero-order chi connectivity index (χ0) is 11.5. The van der Waals surface area contributed by atoms with E-state index in [4.69, 9.17) is 21.1 Å². The molecule has 1 aliphatic rings. The standard InChI is InChI=1S/C12H13ClO3/c1-15-12(14)10-7-9(13)6-8-4-2-3-5-16-11(8)10/h6-7H,2-5H2,1H3. The van der Waals surface area contributed by atoms with Gasteiger partial charge in [0.05, 0.1) is 13.7 Å². The van der Waals surface area contributed by atoms with E-state index in [1.807, 2.05) is 6.07 Å².